The van der Waals surface area contributed by atoms with Gasteiger partial charge in [0.2, 0.25) is 17.6 Å². The summed E-state index contributed by atoms with van der Waals surface area (Å²) in [6.07, 6.45) is 2.02. The first-order valence-corrected chi connectivity index (χ1v) is 12.9. The van der Waals surface area contributed by atoms with Gasteiger partial charge < -0.3 is 39.6 Å². The number of aliphatic hydroxyl groups is 1. The van der Waals surface area contributed by atoms with Gasteiger partial charge in [-0.2, -0.15) is 0 Å². The van der Waals surface area contributed by atoms with E-state index < -0.39 is 24.2 Å². The van der Waals surface area contributed by atoms with E-state index in [0.29, 0.717) is 42.9 Å². The van der Waals surface area contributed by atoms with E-state index in [4.69, 9.17) is 18.9 Å². The number of anilines is 1. The summed E-state index contributed by atoms with van der Waals surface area (Å²) in [6.45, 7) is 3.34. The number of nitrogens with one attached hydrogen (secondary N) is 2. The number of benzene rings is 1. The van der Waals surface area contributed by atoms with Crippen LogP contribution in [0.2, 0.25) is 0 Å². The second-order valence-corrected chi connectivity index (χ2v) is 10.5. The van der Waals surface area contributed by atoms with Gasteiger partial charge in [0.15, 0.2) is 22.9 Å². The molecule has 0 bridgehead atoms. The first-order chi connectivity index (χ1) is 18.0. The van der Waals surface area contributed by atoms with Gasteiger partial charge in [-0.25, -0.2) is 0 Å². The minimum absolute atomic E-state index is 0.133. The van der Waals surface area contributed by atoms with Crippen molar-refractivity contribution < 1.29 is 38.4 Å². The molecule has 1 heterocycles. The second kappa shape index (κ2) is 12.2. The summed E-state index contributed by atoms with van der Waals surface area (Å²) in [7, 11) is 8.52. The first kappa shape index (κ1) is 29.5. The van der Waals surface area contributed by atoms with Crippen LogP contribution in [0.1, 0.15) is 37.8 Å². The van der Waals surface area contributed by atoms with Gasteiger partial charge in [-0.05, 0) is 37.2 Å². The van der Waals surface area contributed by atoms with Crippen LogP contribution in [0.4, 0.5) is 5.69 Å². The summed E-state index contributed by atoms with van der Waals surface area (Å²) in [4.78, 5) is 40.6. The van der Waals surface area contributed by atoms with Crippen LogP contribution in [0.5, 0.6) is 17.2 Å². The minimum Gasteiger partial charge on any atom is -0.492 e. The molecule has 1 aliphatic carbocycles. The largest absolute Gasteiger partial charge is 0.492 e. The Hall–Kier alpha value is -3.05. The molecule has 0 spiro atoms. The fourth-order valence-corrected chi connectivity index (χ4v) is 5.18. The monoisotopic (exact) mass is 535 g/mol. The summed E-state index contributed by atoms with van der Waals surface area (Å²) >= 11 is 0. The van der Waals surface area contributed by atoms with Gasteiger partial charge in [0.25, 0.3) is 0 Å². The van der Waals surface area contributed by atoms with Gasteiger partial charge in [-0.1, -0.05) is 13.8 Å². The molecule has 2 amide bonds. The third kappa shape index (κ3) is 5.99. The molecule has 212 valence electrons. The van der Waals surface area contributed by atoms with Gasteiger partial charge in [0.1, 0.15) is 0 Å². The van der Waals surface area contributed by atoms with E-state index >= 15 is 0 Å². The number of ketones is 1. The quantitative estimate of drug-likeness (QED) is 0.314. The summed E-state index contributed by atoms with van der Waals surface area (Å²) in [6, 6.07) is -0.798. The average molecular weight is 536 g/mol. The molecule has 38 heavy (non-hydrogen) atoms. The van der Waals surface area contributed by atoms with E-state index in [0.717, 1.165) is 16.8 Å². The van der Waals surface area contributed by atoms with Crippen LogP contribution in [0.25, 0.3) is 0 Å². The summed E-state index contributed by atoms with van der Waals surface area (Å²) in [5, 5.41) is 15.0. The summed E-state index contributed by atoms with van der Waals surface area (Å²) < 4.78 is 22.2. The number of hydrogen-bond donors (Lipinski definition) is 3. The molecule has 1 fully saturated rings. The van der Waals surface area contributed by atoms with E-state index in [2.05, 4.69) is 10.6 Å². The molecule has 1 aromatic carbocycles. The van der Waals surface area contributed by atoms with Crippen molar-refractivity contribution >= 4 is 23.3 Å². The van der Waals surface area contributed by atoms with Gasteiger partial charge in [-0.3, -0.25) is 14.4 Å². The van der Waals surface area contributed by atoms with Crippen LogP contribution in [-0.4, -0.2) is 89.5 Å². The highest BCUT2D eigenvalue weighted by atomic mass is 16.6. The number of fused-ring (bicyclic) bond motifs is 1. The van der Waals surface area contributed by atoms with E-state index in [9.17, 15) is 19.5 Å². The van der Waals surface area contributed by atoms with Crippen molar-refractivity contribution in [1.82, 2.24) is 10.6 Å². The number of Topliss-reactive ketones (excluding diaryl/α,β-unsaturated/α-hetero) is 1. The molecule has 1 aromatic rings. The zero-order chi connectivity index (χ0) is 28.2. The Morgan fingerprint density at radius 1 is 1.08 bits per heavy atom. The average Bonchev–Trinajstić information content (AvgIpc) is 3.69. The molecule has 0 aromatic heterocycles. The molecule has 11 heteroatoms. The van der Waals surface area contributed by atoms with E-state index in [1.807, 2.05) is 32.8 Å². The van der Waals surface area contributed by atoms with E-state index in [1.165, 1.54) is 0 Å². The van der Waals surface area contributed by atoms with Crippen LogP contribution in [-0.2, 0) is 32.0 Å². The molecular weight excluding hydrogens is 494 g/mol. The molecule has 2 aliphatic rings. The van der Waals surface area contributed by atoms with Crippen molar-refractivity contribution in [3.05, 3.63) is 11.1 Å². The Kier molecular flexibility index (Phi) is 9.48. The van der Waals surface area contributed by atoms with Crippen LogP contribution >= 0.6 is 0 Å². The van der Waals surface area contributed by atoms with Gasteiger partial charge >= 0.3 is 0 Å². The number of amides is 2. The lowest BCUT2D eigenvalue weighted by molar-refractivity contribution is -0.133. The molecule has 3 unspecified atom stereocenters. The zero-order valence-electron chi connectivity index (χ0n) is 23.4. The Morgan fingerprint density at radius 3 is 2.21 bits per heavy atom. The van der Waals surface area contributed by atoms with Crippen LogP contribution < -0.4 is 29.7 Å². The van der Waals surface area contributed by atoms with E-state index in [1.54, 1.807) is 21.3 Å². The number of methoxy groups -OCH3 is 3. The molecule has 1 saturated heterocycles. The zero-order valence-corrected chi connectivity index (χ0v) is 23.4. The highest BCUT2D eigenvalue weighted by molar-refractivity contribution is 5.97. The van der Waals surface area contributed by atoms with Crippen molar-refractivity contribution in [3.63, 3.8) is 0 Å². The molecular formula is C27H41N3O8. The van der Waals surface area contributed by atoms with Crippen molar-refractivity contribution in [2.45, 2.75) is 51.2 Å². The maximum Gasteiger partial charge on any atom is 0.239 e. The lowest BCUT2D eigenvalue weighted by Gasteiger charge is -2.32. The van der Waals surface area contributed by atoms with E-state index in [-0.39, 0.29) is 36.7 Å². The fourth-order valence-electron chi connectivity index (χ4n) is 5.18. The molecule has 3 rings (SSSR count). The van der Waals surface area contributed by atoms with Crippen molar-refractivity contribution in [1.29, 1.82) is 0 Å². The third-order valence-corrected chi connectivity index (χ3v) is 7.15. The Morgan fingerprint density at radius 2 is 1.71 bits per heavy atom. The lowest BCUT2D eigenvalue weighted by atomic mass is 9.81. The molecule has 0 saturated carbocycles. The third-order valence-electron chi connectivity index (χ3n) is 7.15. The van der Waals surface area contributed by atoms with Crippen LogP contribution in [0, 0.1) is 11.8 Å². The lowest BCUT2D eigenvalue weighted by Crippen LogP contribution is -2.51. The number of hydrogen-bond acceptors (Lipinski definition) is 9. The number of aliphatic hydroxyl groups excluding tert-OH is 1. The second-order valence-electron chi connectivity index (χ2n) is 10.5. The number of carbonyl (C=O) groups excluding carboxylic acids is 3. The molecule has 3 atom stereocenters. The molecule has 1 aliphatic heterocycles. The topological polar surface area (TPSA) is 139 Å². The smallest absolute Gasteiger partial charge is 0.239 e. The van der Waals surface area contributed by atoms with Crippen molar-refractivity contribution in [2.24, 2.45) is 11.8 Å². The van der Waals surface area contributed by atoms with Gasteiger partial charge in [-0.15, -0.1) is 0 Å². The van der Waals surface area contributed by atoms with Gasteiger partial charge in [0, 0.05) is 25.6 Å². The first-order valence-electron chi connectivity index (χ1n) is 12.9. The van der Waals surface area contributed by atoms with Gasteiger partial charge in [0.05, 0.1) is 52.8 Å². The Bertz CT molecular complexity index is 1050. The normalized spacial score (nSPS) is 20.7. The highest BCUT2D eigenvalue weighted by Crippen LogP contribution is 2.51. The summed E-state index contributed by atoms with van der Waals surface area (Å²) in [5.74, 6) is 0.377. The minimum atomic E-state index is -1.22. The molecule has 11 nitrogen and oxygen atoms in total. The summed E-state index contributed by atoms with van der Waals surface area (Å²) in [5.41, 5.74) is 1.53. The maximum absolute atomic E-state index is 13.1. The SMILES string of the molecule is COc1c2c(c(N(C)C)c(OC)c1OC)CC(C(=O)NCC(=O)NC(CC(C)C)C(=O)C1(CO)CO1)CC2. The number of rotatable bonds is 13. The van der Waals surface area contributed by atoms with Crippen LogP contribution in [0.3, 0.4) is 0 Å². The number of epoxide rings is 1. The van der Waals surface area contributed by atoms with Crippen molar-refractivity contribution in [3.8, 4) is 17.2 Å². The van der Waals surface area contributed by atoms with Crippen molar-refractivity contribution in [2.75, 3.05) is 60.1 Å². The van der Waals surface area contributed by atoms with Crippen LogP contribution in [0.15, 0.2) is 0 Å². The fraction of sp³-hybridized carbons (Fsp3) is 0.667. The predicted molar refractivity (Wildman–Crippen MR) is 141 cm³/mol. The number of ether oxygens (including phenoxy) is 4. The standard InChI is InChI=1S/C27H41N3O8/c1-15(2)10-19(25(33)27(13-31)14-38-27)29-20(32)12-28-26(34)16-8-9-17-18(11-16)21(30(3)4)23(36-6)24(37-7)22(17)35-5/h15-16,19,31H,8-14H2,1-7H3,(H,28,34)(H,29,32). The number of nitrogens with zero attached hydrogens (tertiary/aromatic N) is 1. The number of carbonyl (C=O) groups is 3. The Labute approximate surface area is 224 Å². The molecule has 0 radical (unpaired) electrons. The maximum atomic E-state index is 13.1. The predicted octanol–water partition coefficient (Wildman–Crippen LogP) is 0.861. The molecule has 3 N–H and O–H groups in total. The highest BCUT2D eigenvalue weighted by Gasteiger charge is 2.54. The Balaban J connectivity index is 1.71.